The van der Waals surface area contributed by atoms with Gasteiger partial charge in [-0.05, 0) is 91.8 Å². The molecule has 0 aromatic heterocycles. The van der Waals surface area contributed by atoms with E-state index in [2.05, 4.69) is 20.8 Å². The molecular formula is C35H56O9. The average Bonchev–Trinajstić information content (AvgIpc) is 3.28. The predicted molar refractivity (Wildman–Crippen MR) is 163 cm³/mol. The van der Waals surface area contributed by atoms with Crippen molar-refractivity contribution in [2.24, 2.45) is 52.3 Å². The Bertz CT molecular complexity index is 1040. The number of hydrogen-bond acceptors (Lipinski definition) is 9. The van der Waals surface area contributed by atoms with Gasteiger partial charge in [-0.3, -0.25) is 19.2 Å². The molecule has 0 aromatic carbocycles. The van der Waals surface area contributed by atoms with Crippen molar-refractivity contribution in [2.75, 3.05) is 13.2 Å². The van der Waals surface area contributed by atoms with Gasteiger partial charge in [-0.1, -0.05) is 33.6 Å². The first kappa shape index (κ1) is 34.7. The van der Waals surface area contributed by atoms with Gasteiger partial charge in [0.25, 0.3) is 0 Å². The summed E-state index contributed by atoms with van der Waals surface area (Å²) in [5.74, 6) is 0.469. The van der Waals surface area contributed by atoms with E-state index in [0.29, 0.717) is 18.3 Å². The quantitative estimate of drug-likeness (QED) is 0.231. The maximum absolute atomic E-state index is 12.4. The van der Waals surface area contributed by atoms with E-state index in [-0.39, 0.29) is 89.7 Å². The van der Waals surface area contributed by atoms with Crippen molar-refractivity contribution in [1.29, 1.82) is 0 Å². The third-order valence-corrected chi connectivity index (χ3v) is 12.4. The molecule has 4 fully saturated rings. The summed E-state index contributed by atoms with van der Waals surface area (Å²) in [6, 6.07) is 0. The lowest BCUT2D eigenvalue weighted by molar-refractivity contribution is -0.218. The van der Waals surface area contributed by atoms with Crippen LogP contribution in [0.2, 0.25) is 0 Å². The lowest BCUT2D eigenvalue weighted by Crippen LogP contribution is -2.63. The molecule has 44 heavy (non-hydrogen) atoms. The molecule has 0 amide bonds. The number of esters is 4. The third-order valence-electron chi connectivity index (χ3n) is 12.4. The van der Waals surface area contributed by atoms with Gasteiger partial charge in [-0.25, -0.2) is 0 Å². The van der Waals surface area contributed by atoms with Gasteiger partial charge in [-0.15, -0.1) is 0 Å². The molecule has 1 N–H and O–H groups in total. The normalized spacial score (nSPS) is 38.5. The molecule has 11 atom stereocenters. The fourth-order valence-electron chi connectivity index (χ4n) is 10.4. The SMILES string of the molecule is CC(=O)OCC(CCCC(C)[C@H]1CC[C@H]2[C@@H]3[C@H](OC(C)=O)C[C@@H]4CC(OC(C)=O)CCC4(C)[C@H]3C[C@H](O)C12C)COC(C)=O. The van der Waals surface area contributed by atoms with E-state index in [1.165, 1.54) is 27.7 Å². The highest BCUT2D eigenvalue weighted by Crippen LogP contribution is 2.69. The number of carbonyl (C=O) groups is 4. The summed E-state index contributed by atoms with van der Waals surface area (Å²) in [7, 11) is 0. The van der Waals surface area contributed by atoms with Gasteiger partial charge in [0.2, 0.25) is 0 Å². The van der Waals surface area contributed by atoms with Crippen LogP contribution in [0.4, 0.5) is 0 Å². The number of rotatable bonds is 11. The largest absolute Gasteiger partial charge is 0.465 e. The molecule has 0 radical (unpaired) electrons. The topological polar surface area (TPSA) is 125 Å². The van der Waals surface area contributed by atoms with Crippen LogP contribution >= 0.6 is 0 Å². The lowest BCUT2D eigenvalue weighted by Gasteiger charge is -2.64. The zero-order chi connectivity index (χ0) is 32.4. The Morgan fingerprint density at radius 2 is 1.43 bits per heavy atom. The van der Waals surface area contributed by atoms with Gasteiger partial charge < -0.3 is 24.1 Å². The predicted octanol–water partition coefficient (Wildman–Crippen LogP) is 5.64. The molecule has 0 aromatic rings. The Labute approximate surface area is 263 Å². The summed E-state index contributed by atoms with van der Waals surface area (Å²) in [4.78, 5) is 46.9. The van der Waals surface area contributed by atoms with Gasteiger partial charge in [0.1, 0.15) is 12.2 Å². The monoisotopic (exact) mass is 620 g/mol. The van der Waals surface area contributed by atoms with E-state index in [9.17, 15) is 24.3 Å². The zero-order valence-corrected chi connectivity index (χ0v) is 28.0. The second-order valence-electron chi connectivity index (χ2n) is 15.1. The molecular weight excluding hydrogens is 564 g/mol. The Balaban J connectivity index is 1.48. The number of hydrogen-bond donors (Lipinski definition) is 1. The van der Waals surface area contributed by atoms with E-state index in [1.54, 1.807) is 0 Å². The van der Waals surface area contributed by atoms with E-state index < -0.39 is 6.10 Å². The average molecular weight is 621 g/mol. The van der Waals surface area contributed by atoms with Crippen molar-refractivity contribution in [1.82, 2.24) is 0 Å². The lowest BCUT2D eigenvalue weighted by atomic mass is 9.43. The first-order chi connectivity index (χ1) is 20.7. The van der Waals surface area contributed by atoms with E-state index >= 15 is 0 Å². The fourth-order valence-corrected chi connectivity index (χ4v) is 10.4. The Kier molecular flexibility index (Phi) is 11.1. The molecule has 0 bridgehead atoms. The maximum Gasteiger partial charge on any atom is 0.302 e. The number of carbonyl (C=O) groups excluding carboxylic acids is 4. The number of aliphatic hydroxyl groups excluding tert-OH is 1. The Hall–Kier alpha value is -2.16. The van der Waals surface area contributed by atoms with Gasteiger partial charge in [0.15, 0.2) is 0 Å². The molecule has 4 aliphatic carbocycles. The Morgan fingerprint density at radius 1 is 0.795 bits per heavy atom. The van der Waals surface area contributed by atoms with Crippen molar-refractivity contribution >= 4 is 23.9 Å². The Morgan fingerprint density at radius 3 is 2.02 bits per heavy atom. The molecule has 250 valence electrons. The van der Waals surface area contributed by atoms with Crippen LogP contribution in [0.15, 0.2) is 0 Å². The van der Waals surface area contributed by atoms with Crippen molar-refractivity contribution in [2.45, 2.75) is 131 Å². The van der Waals surface area contributed by atoms with Crippen LogP contribution in [0, 0.1) is 52.3 Å². The molecule has 4 saturated carbocycles. The summed E-state index contributed by atoms with van der Waals surface area (Å²) < 4.78 is 22.2. The van der Waals surface area contributed by atoms with Crippen LogP contribution in [0.5, 0.6) is 0 Å². The van der Waals surface area contributed by atoms with E-state index in [0.717, 1.165) is 57.8 Å². The first-order valence-corrected chi connectivity index (χ1v) is 17.0. The second-order valence-corrected chi connectivity index (χ2v) is 15.1. The van der Waals surface area contributed by atoms with E-state index in [4.69, 9.17) is 18.9 Å². The summed E-state index contributed by atoms with van der Waals surface area (Å²) in [5.41, 5.74) is -0.269. The molecule has 0 heterocycles. The highest BCUT2D eigenvalue weighted by molar-refractivity contribution is 5.67. The standard InChI is InChI=1S/C35H56O9/c1-20(9-8-10-25(18-41-21(2)36)19-42-22(3)37)28-11-12-29-33-30(17-32(40)35(28,29)7)34(6)14-13-27(43-23(4)38)15-26(34)16-31(33)44-24(5)39/h20,25-33,40H,8-19H2,1-7H3/t20?,26-,27?,28+,29-,30-,31+,32-,33-,34?,35?/m0/s1. The van der Waals surface area contributed by atoms with Crippen molar-refractivity contribution in [3.8, 4) is 0 Å². The van der Waals surface area contributed by atoms with Crippen LogP contribution in [0.3, 0.4) is 0 Å². The van der Waals surface area contributed by atoms with Crippen molar-refractivity contribution in [3.05, 3.63) is 0 Å². The summed E-state index contributed by atoms with van der Waals surface area (Å²) in [6.45, 7) is 13.2. The first-order valence-electron chi connectivity index (χ1n) is 17.0. The molecule has 0 saturated heterocycles. The molecule has 9 nitrogen and oxygen atoms in total. The number of aliphatic hydroxyl groups is 1. The highest BCUT2D eigenvalue weighted by atomic mass is 16.6. The van der Waals surface area contributed by atoms with Crippen LogP contribution in [0.25, 0.3) is 0 Å². The minimum Gasteiger partial charge on any atom is -0.465 e. The molecule has 4 unspecified atom stereocenters. The number of ether oxygens (including phenoxy) is 4. The molecule has 0 spiro atoms. The summed E-state index contributed by atoms with van der Waals surface area (Å²) in [6.07, 6.45) is 8.03. The van der Waals surface area contributed by atoms with Gasteiger partial charge in [0, 0.05) is 39.5 Å². The maximum atomic E-state index is 12.4. The van der Waals surface area contributed by atoms with E-state index in [1.807, 2.05) is 0 Å². The van der Waals surface area contributed by atoms with Crippen molar-refractivity contribution in [3.63, 3.8) is 0 Å². The second kappa shape index (κ2) is 14.1. The minimum absolute atomic E-state index is 0.00285. The molecule has 4 aliphatic rings. The molecule has 4 rings (SSSR count). The fraction of sp³-hybridized carbons (Fsp3) is 0.886. The van der Waals surface area contributed by atoms with Crippen LogP contribution in [0.1, 0.15) is 113 Å². The van der Waals surface area contributed by atoms with Gasteiger partial charge in [0.05, 0.1) is 19.3 Å². The highest BCUT2D eigenvalue weighted by Gasteiger charge is 2.66. The van der Waals surface area contributed by atoms with Crippen LogP contribution < -0.4 is 0 Å². The zero-order valence-electron chi connectivity index (χ0n) is 28.0. The smallest absolute Gasteiger partial charge is 0.302 e. The van der Waals surface area contributed by atoms with Crippen LogP contribution in [-0.2, 0) is 38.1 Å². The van der Waals surface area contributed by atoms with Crippen molar-refractivity contribution < 1.29 is 43.2 Å². The third kappa shape index (κ3) is 7.28. The summed E-state index contributed by atoms with van der Waals surface area (Å²) in [5, 5.41) is 12.0. The molecule has 0 aliphatic heterocycles. The number of fused-ring (bicyclic) bond motifs is 5. The van der Waals surface area contributed by atoms with Gasteiger partial charge in [-0.2, -0.15) is 0 Å². The summed E-state index contributed by atoms with van der Waals surface area (Å²) >= 11 is 0. The minimum atomic E-state index is -0.441. The molecule has 9 heteroatoms. The van der Waals surface area contributed by atoms with Gasteiger partial charge >= 0.3 is 23.9 Å². The van der Waals surface area contributed by atoms with Crippen LogP contribution in [-0.4, -0.2) is 60.5 Å².